The fraction of sp³-hybridized carbons (Fsp3) is 0. The minimum atomic E-state index is -1.16. The van der Waals surface area contributed by atoms with Gasteiger partial charge in [-0.3, -0.25) is 0 Å². The van der Waals surface area contributed by atoms with Gasteiger partial charge in [0.05, 0.1) is 6.57 Å². The Balaban J connectivity index is 3.21. The first-order chi connectivity index (χ1) is 5.65. The van der Waals surface area contributed by atoms with Crippen molar-refractivity contribution in [2.24, 2.45) is 0 Å². The van der Waals surface area contributed by atoms with Crippen LogP contribution in [0.3, 0.4) is 0 Å². The van der Waals surface area contributed by atoms with E-state index in [9.17, 15) is 4.79 Å². The molecule has 0 amide bonds. The van der Waals surface area contributed by atoms with E-state index in [-0.39, 0.29) is 16.5 Å². The number of rotatable bonds is 1. The highest BCUT2D eigenvalue weighted by molar-refractivity contribution is 6.32. The van der Waals surface area contributed by atoms with Crippen LogP contribution < -0.4 is 0 Å². The number of halogens is 1. The van der Waals surface area contributed by atoms with Crippen molar-refractivity contribution < 1.29 is 9.90 Å². The van der Waals surface area contributed by atoms with Crippen LogP contribution in [0, 0.1) is 6.57 Å². The van der Waals surface area contributed by atoms with E-state index < -0.39 is 5.97 Å². The monoisotopic (exact) mass is 182 g/mol. The molecule has 0 unspecified atom stereocenters. The smallest absolute Gasteiger partial charge is 0.354 e. The van der Waals surface area contributed by atoms with Gasteiger partial charge in [0.25, 0.3) is 0 Å². The molecule has 1 rings (SSSR count). The summed E-state index contributed by atoms with van der Waals surface area (Å²) < 4.78 is 0. The summed E-state index contributed by atoms with van der Waals surface area (Å²) in [4.78, 5) is 16.9. The molecule has 1 N–H and O–H groups in total. The van der Waals surface area contributed by atoms with E-state index in [0.29, 0.717) is 0 Å². The minimum Gasteiger partial charge on any atom is -0.477 e. The molecule has 0 aliphatic carbocycles. The largest absolute Gasteiger partial charge is 0.477 e. The Labute approximate surface area is 73.2 Å². The van der Waals surface area contributed by atoms with Gasteiger partial charge < -0.3 is 5.11 Å². The van der Waals surface area contributed by atoms with Gasteiger partial charge in [0.1, 0.15) is 10.8 Å². The van der Waals surface area contributed by atoms with Crippen LogP contribution >= 0.6 is 11.6 Å². The summed E-state index contributed by atoms with van der Waals surface area (Å²) in [6.45, 7) is 6.62. The van der Waals surface area contributed by atoms with Gasteiger partial charge in [-0.15, -0.1) is 0 Å². The lowest BCUT2D eigenvalue weighted by Gasteiger charge is -1.95. The molecule has 0 radical (unpaired) electrons. The summed E-state index contributed by atoms with van der Waals surface area (Å²) in [6, 6.07) is 2.56. The Morgan fingerprint density at radius 1 is 1.67 bits per heavy atom. The zero-order chi connectivity index (χ0) is 9.14. The molecule has 0 aliphatic rings. The summed E-state index contributed by atoms with van der Waals surface area (Å²) in [5.74, 6) is -1.16. The van der Waals surface area contributed by atoms with E-state index in [1.807, 2.05) is 0 Å². The quantitative estimate of drug-likeness (QED) is 0.534. The number of aromatic carboxylic acids is 1. The van der Waals surface area contributed by atoms with Crippen LogP contribution in [0.5, 0.6) is 0 Å². The molecule has 0 saturated carbocycles. The zero-order valence-electron chi connectivity index (χ0n) is 5.78. The Morgan fingerprint density at radius 2 is 2.33 bits per heavy atom. The van der Waals surface area contributed by atoms with E-state index in [1.54, 1.807) is 0 Å². The third-order valence-corrected chi connectivity index (χ3v) is 1.45. The lowest BCUT2D eigenvalue weighted by Crippen LogP contribution is -1.99. The first-order valence-electron chi connectivity index (χ1n) is 2.92. The van der Waals surface area contributed by atoms with Crippen LogP contribution in [0.2, 0.25) is 5.15 Å². The highest BCUT2D eigenvalue weighted by Gasteiger charge is 2.07. The van der Waals surface area contributed by atoms with Crippen LogP contribution in [-0.4, -0.2) is 16.1 Å². The van der Waals surface area contributed by atoms with E-state index >= 15 is 0 Å². The topological polar surface area (TPSA) is 54.5 Å². The lowest BCUT2D eigenvalue weighted by molar-refractivity contribution is 0.0690. The van der Waals surface area contributed by atoms with E-state index in [0.717, 1.165) is 0 Å². The summed E-state index contributed by atoms with van der Waals surface area (Å²) in [5.41, 5.74) is -0.00549. The Hall–Kier alpha value is -1.60. The second-order valence-electron chi connectivity index (χ2n) is 1.92. The SMILES string of the molecule is [C-]#[N+]c1ccc(C(=O)O)nc1Cl. The Morgan fingerprint density at radius 3 is 2.75 bits per heavy atom. The minimum absolute atomic E-state index is 0.0788. The molecule has 0 bridgehead atoms. The number of carboxylic acid groups (broad SMARTS) is 1. The van der Waals surface area contributed by atoms with Crippen molar-refractivity contribution >= 4 is 23.3 Å². The summed E-state index contributed by atoms with van der Waals surface area (Å²) >= 11 is 5.49. The molecule has 5 heteroatoms. The van der Waals surface area contributed by atoms with Crippen molar-refractivity contribution in [1.29, 1.82) is 0 Å². The second kappa shape index (κ2) is 3.20. The van der Waals surface area contributed by atoms with Gasteiger partial charge >= 0.3 is 5.97 Å². The van der Waals surface area contributed by atoms with Crippen LogP contribution in [0.1, 0.15) is 10.5 Å². The first kappa shape index (κ1) is 8.50. The maximum atomic E-state index is 10.4. The fourth-order valence-corrected chi connectivity index (χ4v) is 0.826. The molecular weight excluding hydrogens is 180 g/mol. The van der Waals surface area contributed by atoms with Gasteiger partial charge in [-0.2, -0.15) is 0 Å². The van der Waals surface area contributed by atoms with Crippen LogP contribution in [0.15, 0.2) is 12.1 Å². The van der Waals surface area contributed by atoms with Crippen molar-refractivity contribution in [2.45, 2.75) is 0 Å². The number of carbonyl (C=O) groups is 1. The predicted molar refractivity (Wildman–Crippen MR) is 42.5 cm³/mol. The van der Waals surface area contributed by atoms with Crippen LogP contribution in [0.25, 0.3) is 4.85 Å². The molecular formula is C7H3ClN2O2. The molecule has 0 aliphatic heterocycles. The molecule has 4 nitrogen and oxygen atoms in total. The molecule has 0 atom stereocenters. The third kappa shape index (κ3) is 1.52. The fourth-order valence-electron chi connectivity index (χ4n) is 0.629. The standard InChI is InChI=1S/C7H3ClN2O2/c1-9-4-2-3-5(7(11)12)10-6(4)8/h2-3H,(H,11,12). The Kier molecular flexibility index (Phi) is 2.26. The molecule has 0 aromatic carbocycles. The molecule has 1 aromatic heterocycles. The normalized spacial score (nSPS) is 9.00. The average Bonchev–Trinajstić information content (AvgIpc) is 2.04. The van der Waals surface area contributed by atoms with Gasteiger partial charge in [0.15, 0.2) is 0 Å². The number of carboxylic acids is 1. The Bertz CT molecular complexity index is 370. The van der Waals surface area contributed by atoms with Crippen molar-refractivity contribution in [3.63, 3.8) is 0 Å². The third-order valence-electron chi connectivity index (χ3n) is 1.17. The van der Waals surface area contributed by atoms with Gasteiger partial charge in [0, 0.05) is 0 Å². The number of hydrogen-bond acceptors (Lipinski definition) is 2. The number of hydrogen-bond donors (Lipinski definition) is 1. The van der Waals surface area contributed by atoms with E-state index in [1.165, 1.54) is 12.1 Å². The molecule has 0 saturated heterocycles. The molecule has 12 heavy (non-hydrogen) atoms. The van der Waals surface area contributed by atoms with Crippen molar-refractivity contribution in [3.8, 4) is 0 Å². The highest BCUT2D eigenvalue weighted by atomic mass is 35.5. The molecule has 60 valence electrons. The maximum absolute atomic E-state index is 10.4. The highest BCUT2D eigenvalue weighted by Crippen LogP contribution is 2.22. The molecule has 1 aromatic rings. The van der Waals surface area contributed by atoms with E-state index in [2.05, 4.69) is 9.83 Å². The van der Waals surface area contributed by atoms with E-state index in [4.69, 9.17) is 23.3 Å². The lowest BCUT2D eigenvalue weighted by atomic mass is 10.3. The molecule has 0 fully saturated rings. The predicted octanol–water partition coefficient (Wildman–Crippen LogP) is 1.98. The maximum Gasteiger partial charge on any atom is 0.354 e. The summed E-state index contributed by atoms with van der Waals surface area (Å²) in [7, 11) is 0. The molecule has 1 heterocycles. The second-order valence-corrected chi connectivity index (χ2v) is 2.28. The van der Waals surface area contributed by atoms with Gasteiger partial charge in [-0.1, -0.05) is 17.7 Å². The number of pyridine rings is 1. The zero-order valence-corrected chi connectivity index (χ0v) is 6.54. The van der Waals surface area contributed by atoms with Crippen LogP contribution in [0.4, 0.5) is 5.69 Å². The van der Waals surface area contributed by atoms with Gasteiger partial charge in [-0.25, -0.2) is 14.6 Å². The van der Waals surface area contributed by atoms with Crippen molar-refractivity contribution in [2.75, 3.05) is 0 Å². The van der Waals surface area contributed by atoms with Crippen molar-refractivity contribution in [3.05, 3.63) is 34.4 Å². The molecule has 0 spiro atoms. The first-order valence-corrected chi connectivity index (χ1v) is 3.30. The van der Waals surface area contributed by atoms with Gasteiger partial charge in [0.2, 0.25) is 5.69 Å². The van der Waals surface area contributed by atoms with Crippen molar-refractivity contribution in [1.82, 2.24) is 4.98 Å². The number of nitrogens with zero attached hydrogens (tertiary/aromatic N) is 2. The summed E-state index contributed by atoms with van der Waals surface area (Å²) in [6.07, 6.45) is 0. The summed E-state index contributed by atoms with van der Waals surface area (Å²) in [5, 5.41) is 8.40. The van der Waals surface area contributed by atoms with Crippen LogP contribution in [-0.2, 0) is 0 Å². The average molecular weight is 183 g/mol. The number of aromatic nitrogens is 1. The van der Waals surface area contributed by atoms with Gasteiger partial charge in [-0.05, 0) is 6.07 Å².